The van der Waals surface area contributed by atoms with E-state index in [1.54, 1.807) is 31.5 Å². The molecule has 0 aliphatic carbocycles. The first-order chi connectivity index (χ1) is 14.7. The van der Waals surface area contributed by atoms with Crippen molar-refractivity contribution in [2.45, 2.75) is 25.8 Å². The van der Waals surface area contributed by atoms with E-state index in [1.165, 1.54) is 11.0 Å². The van der Waals surface area contributed by atoms with Crippen LogP contribution in [0.5, 0.6) is 11.6 Å². The minimum absolute atomic E-state index is 0.134. The van der Waals surface area contributed by atoms with E-state index in [-0.39, 0.29) is 11.4 Å². The van der Waals surface area contributed by atoms with Crippen LogP contribution in [0.4, 0.5) is 0 Å². The number of ether oxygens (including phenoxy) is 1. The summed E-state index contributed by atoms with van der Waals surface area (Å²) in [5.41, 5.74) is 0.741. The smallest absolute Gasteiger partial charge is 0.265 e. The fourth-order valence-electron chi connectivity index (χ4n) is 4.31. The normalized spacial score (nSPS) is 17.2. The predicted octanol–water partition coefficient (Wildman–Crippen LogP) is 3.61. The summed E-state index contributed by atoms with van der Waals surface area (Å²) < 4.78 is 6.73. The summed E-state index contributed by atoms with van der Waals surface area (Å²) >= 11 is 0. The van der Waals surface area contributed by atoms with Crippen molar-refractivity contribution in [3.8, 4) is 17.3 Å². The summed E-state index contributed by atoms with van der Waals surface area (Å²) in [6.07, 6.45) is 4.04. The third-order valence-corrected chi connectivity index (χ3v) is 5.87. The van der Waals surface area contributed by atoms with Gasteiger partial charge in [0.15, 0.2) is 0 Å². The van der Waals surface area contributed by atoms with Gasteiger partial charge in [0.25, 0.3) is 5.56 Å². The maximum Gasteiger partial charge on any atom is 0.265 e. The van der Waals surface area contributed by atoms with Gasteiger partial charge in [0.05, 0.1) is 24.9 Å². The summed E-state index contributed by atoms with van der Waals surface area (Å²) in [6.45, 7) is 4.98. The number of rotatable bonds is 6. The van der Waals surface area contributed by atoms with E-state index in [9.17, 15) is 9.90 Å². The Labute approximate surface area is 176 Å². The number of pyridine rings is 1. The molecular weight excluding hydrogens is 378 g/mol. The van der Waals surface area contributed by atoms with Gasteiger partial charge in [-0.15, -0.1) is 0 Å². The lowest BCUT2D eigenvalue weighted by atomic mass is 10.1. The third-order valence-electron chi connectivity index (χ3n) is 5.87. The lowest BCUT2D eigenvalue weighted by Crippen LogP contribution is -2.31. The lowest BCUT2D eigenvalue weighted by Gasteiger charge is -2.20. The molecule has 1 aliphatic heterocycles. The van der Waals surface area contributed by atoms with Crippen LogP contribution in [0.15, 0.2) is 58.3 Å². The zero-order valence-electron chi connectivity index (χ0n) is 17.4. The van der Waals surface area contributed by atoms with Gasteiger partial charge in [0.2, 0.25) is 5.88 Å². The molecule has 1 fully saturated rings. The van der Waals surface area contributed by atoms with E-state index in [4.69, 9.17) is 4.74 Å². The van der Waals surface area contributed by atoms with Crippen LogP contribution < -0.4 is 10.3 Å². The Morgan fingerprint density at radius 2 is 1.90 bits per heavy atom. The fraction of sp³-hybridized carbons (Fsp3) is 0.333. The molecule has 0 amide bonds. The lowest BCUT2D eigenvalue weighted by molar-refractivity contribution is 0.273. The molecular formula is C24H27N3O3. The number of hydrogen-bond donors (Lipinski definition) is 1. The van der Waals surface area contributed by atoms with Crippen LogP contribution in [0, 0.1) is 0 Å². The van der Waals surface area contributed by atoms with Crippen LogP contribution in [-0.2, 0) is 0 Å². The molecule has 0 saturated carbocycles. The van der Waals surface area contributed by atoms with Gasteiger partial charge in [-0.25, -0.2) is 4.57 Å². The molecule has 0 radical (unpaired) electrons. The Morgan fingerprint density at radius 3 is 2.67 bits per heavy atom. The molecule has 0 spiro atoms. The van der Waals surface area contributed by atoms with E-state index in [0.717, 1.165) is 19.5 Å². The standard InChI is InChI=1S/C24H27N3O3/c1-3-26-14-8-9-17(26)15-25-16-20-18-10-4-5-11-19(18)23(28)27(24(20)29)21-12-6-7-13-22(21)30-2/h4-7,10-13,16-17,29H,3,8-9,14-15H2,1-2H3. The zero-order chi connectivity index (χ0) is 21.1. The summed E-state index contributed by atoms with van der Waals surface area (Å²) in [5.74, 6) is 0.378. The summed E-state index contributed by atoms with van der Waals surface area (Å²) in [4.78, 5) is 20.3. The Hall–Kier alpha value is -3.12. The first kappa shape index (κ1) is 20.2. The van der Waals surface area contributed by atoms with Crippen molar-refractivity contribution in [3.63, 3.8) is 0 Å². The Bertz CT molecular complexity index is 1140. The first-order valence-electron chi connectivity index (χ1n) is 10.4. The van der Waals surface area contributed by atoms with Crippen LogP contribution in [-0.4, -0.2) is 53.6 Å². The van der Waals surface area contributed by atoms with E-state index in [2.05, 4.69) is 16.8 Å². The highest BCUT2D eigenvalue weighted by Crippen LogP contribution is 2.30. The molecule has 1 unspecified atom stereocenters. The number of aromatic hydroxyl groups is 1. The summed E-state index contributed by atoms with van der Waals surface area (Å²) in [6, 6.07) is 14.9. The van der Waals surface area contributed by atoms with Crippen molar-refractivity contribution in [1.82, 2.24) is 9.47 Å². The SMILES string of the molecule is CCN1CCCC1CN=Cc1c(O)n(-c2ccccc2OC)c(=O)c2ccccc12. The molecule has 30 heavy (non-hydrogen) atoms. The molecule has 3 aromatic rings. The molecule has 1 aliphatic rings. The predicted molar refractivity (Wildman–Crippen MR) is 120 cm³/mol. The Balaban J connectivity index is 1.83. The highest BCUT2D eigenvalue weighted by atomic mass is 16.5. The van der Waals surface area contributed by atoms with Gasteiger partial charge in [-0.2, -0.15) is 0 Å². The fourth-order valence-corrected chi connectivity index (χ4v) is 4.31. The van der Waals surface area contributed by atoms with E-state index >= 15 is 0 Å². The average molecular weight is 405 g/mol. The molecule has 2 heterocycles. The molecule has 0 bridgehead atoms. The number of fused-ring (bicyclic) bond motifs is 1. The largest absolute Gasteiger partial charge is 0.495 e. The molecule has 1 N–H and O–H groups in total. The quantitative estimate of drug-likeness (QED) is 0.636. The summed E-state index contributed by atoms with van der Waals surface area (Å²) in [5, 5.41) is 12.4. The number of aromatic nitrogens is 1. The number of likely N-dealkylation sites (tertiary alicyclic amines) is 1. The number of hydrogen-bond acceptors (Lipinski definition) is 5. The summed E-state index contributed by atoms with van der Waals surface area (Å²) in [7, 11) is 1.55. The van der Waals surface area contributed by atoms with Crippen molar-refractivity contribution in [3.05, 3.63) is 64.4 Å². The van der Waals surface area contributed by atoms with Crippen LogP contribution in [0.25, 0.3) is 16.5 Å². The second-order valence-electron chi connectivity index (χ2n) is 7.51. The molecule has 1 saturated heterocycles. The van der Waals surface area contributed by atoms with Gasteiger partial charge < -0.3 is 9.84 Å². The second kappa shape index (κ2) is 8.71. The third kappa shape index (κ3) is 3.59. The van der Waals surface area contributed by atoms with Crippen molar-refractivity contribution in [2.75, 3.05) is 26.7 Å². The molecule has 6 nitrogen and oxygen atoms in total. The van der Waals surface area contributed by atoms with E-state index in [0.29, 0.717) is 40.4 Å². The van der Waals surface area contributed by atoms with Crippen molar-refractivity contribution >= 4 is 17.0 Å². The average Bonchev–Trinajstić information content (AvgIpc) is 3.24. The molecule has 156 valence electrons. The topological polar surface area (TPSA) is 67.1 Å². The molecule has 1 aromatic heterocycles. The van der Waals surface area contributed by atoms with Gasteiger partial charge in [-0.05, 0) is 44.1 Å². The van der Waals surface area contributed by atoms with Crippen molar-refractivity contribution in [1.29, 1.82) is 0 Å². The van der Waals surface area contributed by atoms with E-state index in [1.807, 2.05) is 30.3 Å². The van der Waals surface area contributed by atoms with Gasteiger partial charge >= 0.3 is 0 Å². The number of para-hydroxylation sites is 2. The minimum atomic E-state index is -0.294. The van der Waals surface area contributed by atoms with Gasteiger partial charge in [-0.1, -0.05) is 37.3 Å². The van der Waals surface area contributed by atoms with Crippen LogP contribution in [0.2, 0.25) is 0 Å². The molecule has 2 aromatic carbocycles. The second-order valence-corrected chi connectivity index (χ2v) is 7.51. The highest BCUT2D eigenvalue weighted by Gasteiger charge is 2.22. The Kier molecular flexibility index (Phi) is 5.86. The van der Waals surface area contributed by atoms with E-state index < -0.39 is 0 Å². The van der Waals surface area contributed by atoms with Gasteiger partial charge in [0, 0.05) is 23.0 Å². The molecule has 6 heteroatoms. The van der Waals surface area contributed by atoms with Crippen molar-refractivity contribution < 1.29 is 9.84 Å². The number of methoxy groups -OCH3 is 1. The van der Waals surface area contributed by atoms with Crippen LogP contribution in [0.3, 0.4) is 0 Å². The maximum absolute atomic E-state index is 13.2. The molecule has 4 rings (SSSR count). The van der Waals surface area contributed by atoms with Crippen LogP contribution >= 0.6 is 0 Å². The molecule has 1 atom stereocenters. The zero-order valence-corrected chi connectivity index (χ0v) is 17.4. The first-order valence-corrected chi connectivity index (χ1v) is 10.4. The maximum atomic E-state index is 13.2. The monoisotopic (exact) mass is 405 g/mol. The van der Waals surface area contributed by atoms with Gasteiger partial charge in [0.1, 0.15) is 5.75 Å². The number of aliphatic imine (C=N–C) groups is 1. The highest BCUT2D eigenvalue weighted by molar-refractivity contribution is 6.01. The minimum Gasteiger partial charge on any atom is -0.495 e. The van der Waals surface area contributed by atoms with Crippen LogP contribution in [0.1, 0.15) is 25.3 Å². The number of benzene rings is 2. The van der Waals surface area contributed by atoms with Crippen molar-refractivity contribution in [2.24, 2.45) is 4.99 Å². The number of nitrogens with zero attached hydrogens (tertiary/aromatic N) is 3. The van der Waals surface area contributed by atoms with Gasteiger partial charge in [-0.3, -0.25) is 14.7 Å². The number of likely N-dealkylation sites (N-methyl/N-ethyl adjacent to an activating group) is 1. The Morgan fingerprint density at radius 1 is 1.17 bits per heavy atom.